The van der Waals surface area contributed by atoms with E-state index < -0.39 is 0 Å². The maximum atomic E-state index is 7.40. The molecule has 3 heterocycles. The Kier molecular flexibility index (Phi) is 11.2. The van der Waals surface area contributed by atoms with Crippen molar-refractivity contribution < 1.29 is 13.3 Å². The van der Waals surface area contributed by atoms with Crippen molar-refractivity contribution in [3.8, 4) is 44.5 Å². The molecule has 398 valence electrons. The van der Waals surface area contributed by atoms with Crippen molar-refractivity contribution in [3.05, 3.63) is 303 Å². The summed E-state index contributed by atoms with van der Waals surface area (Å²) in [5.41, 5.74) is 19.6. The van der Waals surface area contributed by atoms with Gasteiger partial charge in [0.15, 0.2) is 11.2 Å². The van der Waals surface area contributed by atoms with Crippen LogP contribution in [0.2, 0.25) is 0 Å². The Morgan fingerprint density at radius 2 is 0.541 bits per heavy atom. The summed E-state index contributed by atoms with van der Waals surface area (Å²) in [6.07, 6.45) is 0. The van der Waals surface area contributed by atoms with Gasteiger partial charge in [-0.1, -0.05) is 255 Å². The summed E-state index contributed by atoms with van der Waals surface area (Å²) in [4.78, 5) is 4.75. The van der Waals surface area contributed by atoms with Crippen molar-refractivity contribution >= 4 is 121 Å². The molecule has 17 aromatic rings. The number of rotatable bonds is 10. The van der Waals surface area contributed by atoms with Crippen LogP contribution >= 0.6 is 0 Å². The third kappa shape index (κ3) is 7.86. The van der Waals surface area contributed by atoms with Crippen LogP contribution in [0.5, 0.6) is 0 Å². The molecule has 0 aliphatic rings. The summed E-state index contributed by atoms with van der Waals surface area (Å²) >= 11 is 0. The van der Waals surface area contributed by atoms with Crippen molar-refractivity contribution in [3.63, 3.8) is 0 Å². The van der Waals surface area contributed by atoms with E-state index in [9.17, 15) is 0 Å². The maximum Gasteiger partial charge on any atom is 0.159 e. The van der Waals surface area contributed by atoms with E-state index in [1.807, 2.05) is 0 Å². The zero-order chi connectivity index (χ0) is 56.0. The zero-order valence-electron chi connectivity index (χ0n) is 46.0. The highest BCUT2D eigenvalue weighted by Gasteiger charge is 2.28. The second-order valence-electron chi connectivity index (χ2n) is 21.8. The molecule has 3 aromatic heterocycles. The number of hydrogen-bond acceptors (Lipinski definition) is 5. The van der Waals surface area contributed by atoms with E-state index in [-0.39, 0.29) is 0 Å². The lowest BCUT2D eigenvalue weighted by atomic mass is 9.97. The zero-order valence-corrected chi connectivity index (χ0v) is 46.0. The summed E-state index contributed by atoms with van der Waals surface area (Å²) in [6.45, 7) is 0. The molecule has 5 heteroatoms. The number of benzene rings is 14. The minimum Gasteiger partial charge on any atom is -0.455 e. The molecule has 17 rings (SSSR count). The molecule has 0 unspecified atom stereocenters. The molecule has 0 amide bonds. The minimum absolute atomic E-state index is 0.770. The minimum atomic E-state index is 0.770. The lowest BCUT2D eigenvalue weighted by Gasteiger charge is -2.27. The maximum absolute atomic E-state index is 7.40. The Labute approximate surface area is 489 Å². The van der Waals surface area contributed by atoms with Crippen molar-refractivity contribution in [2.24, 2.45) is 0 Å². The molecule has 0 aliphatic heterocycles. The van der Waals surface area contributed by atoms with Crippen LogP contribution in [0, 0.1) is 0 Å². The highest BCUT2D eigenvalue weighted by molar-refractivity contribution is 6.28. The first-order chi connectivity index (χ1) is 42.2. The molecule has 0 N–H and O–H groups in total. The first-order valence-corrected chi connectivity index (χ1v) is 28.9. The summed E-state index contributed by atoms with van der Waals surface area (Å²) in [5, 5.41) is 10.4. The summed E-state index contributed by atoms with van der Waals surface area (Å²) < 4.78 is 21.8. The first kappa shape index (κ1) is 48.3. The van der Waals surface area contributed by atoms with Gasteiger partial charge in [-0.05, 0) is 81.2 Å². The van der Waals surface area contributed by atoms with Gasteiger partial charge < -0.3 is 23.1 Å². The monoisotopic (exact) mass is 1090 g/mol. The van der Waals surface area contributed by atoms with E-state index in [0.29, 0.717) is 0 Å². The predicted molar refractivity (Wildman–Crippen MR) is 354 cm³/mol. The normalized spacial score (nSPS) is 11.8. The highest BCUT2D eigenvalue weighted by Crippen LogP contribution is 2.52. The largest absolute Gasteiger partial charge is 0.455 e. The topological polar surface area (TPSA) is 45.9 Å². The van der Waals surface area contributed by atoms with Crippen LogP contribution < -0.4 is 9.80 Å². The fourth-order valence-electron chi connectivity index (χ4n) is 13.1. The third-order valence-electron chi connectivity index (χ3n) is 17.0. The van der Waals surface area contributed by atoms with Crippen molar-refractivity contribution in [1.29, 1.82) is 0 Å². The summed E-state index contributed by atoms with van der Waals surface area (Å²) in [5.74, 6) is 0. The molecular weight excluding hydrogens is 1040 g/mol. The van der Waals surface area contributed by atoms with Crippen LogP contribution in [-0.2, 0) is 0 Å². The van der Waals surface area contributed by atoms with Crippen LogP contribution in [0.3, 0.4) is 0 Å². The number of para-hydroxylation sites is 4. The quantitative estimate of drug-likeness (QED) is 0.137. The van der Waals surface area contributed by atoms with Crippen molar-refractivity contribution in [1.82, 2.24) is 0 Å². The van der Waals surface area contributed by atoms with Gasteiger partial charge in [0, 0.05) is 77.0 Å². The Morgan fingerprint density at radius 3 is 1.01 bits per heavy atom. The molecule has 14 aromatic carbocycles. The Hall–Kier alpha value is -11.4. The van der Waals surface area contributed by atoms with Gasteiger partial charge in [0.2, 0.25) is 0 Å². The highest BCUT2D eigenvalue weighted by atomic mass is 16.3. The van der Waals surface area contributed by atoms with Crippen molar-refractivity contribution in [2.45, 2.75) is 0 Å². The average molecular weight is 1090 g/mol. The van der Waals surface area contributed by atoms with E-state index >= 15 is 0 Å². The Morgan fingerprint density at radius 1 is 0.200 bits per heavy atom. The van der Waals surface area contributed by atoms with Gasteiger partial charge >= 0.3 is 0 Å². The van der Waals surface area contributed by atoms with Crippen LogP contribution in [-0.4, -0.2) is 0 Å². The molecule has 5 nitrogen and oxygen atoms in total. The lowest BCUT2D eigenvalue weighted by molar-refractivity contribution is 0.669. The lowest BCUT2D eigenvalue weighted by Crippen LogP contribution is -2.11. The van der Waals surface area contributed by atoms with E-state index in [4.69, 9.17) is 13.3 Å². The average Bonchev–Trinajstić information content (AvgIpc) is 1.88. The van der Waals surface area contributed by atoms with Crippen LogP contribution in [0.1, 0.15) is 0 Å². The number of furan rings is 3. The molecule has 0 bridgehead atoms. The summed E-state index contributed by atoms with van der Waals surface area (Å²) in [7, 11) is 0. The van der Waals surface area contributed by atoms with Gasteiger partial charge in [-0.15, -0.1) is 0 Å². The number of nitrogens with zero attached hydrogens (tertiary/aromatic N) is 2. The predicted octanol–water partition coefficient (Wildman–Crippen LogP) is 23.3. The van der Waals surface area contributed by atoms with E-state index in [2.05, 4.69) is 313 Å². The van der Waals surface area contributed by atoms with Crippen LogP contribution in [0.25, 0.3) is 132 Å². The number of fused-ring (bicyclic) bond motifs is 13. The second kappa shape index (κ2) is 19.7. The van der Waals surface area contributed by atoms with Crippen LogP contribution in [0.15, 0.2) is 317 Å². The molecular formula is C80H50N2O3. The Balaban J connectivity index is 0.915. The van der Waals surface area contributed by atoms with Gasteiger partial charge in [0.25, 0.3) is 0 Å². The molecule has 0 radical (unpaired) electrons. The molecule has 0 spiro atoms. The van der Waals surface area contributed by atoms with E-state index in [1.165, 1.54) is 0 Å². The second-order valence-corrected chi connectivity index (χ2v) is 21.8. The standard InChI is InChI=1S/C80H50N2O3/c1-5-21-51(22-6-1)53-41-45-57(46-42-53)81(70-39-19-37-67-65-35-17-33-59(76(65)84-79(67)70)55-25-9-3-10-26-55)72-49-69-75-63-31-15-13-29-61(63)73(50-74(75)83-78(69)64-32-16-14-30-62(64)72)82(58-47-43-54(44-48-58)52-23-7-2-8-24-52)71-40-20-38-68-66-36-18-34-60(77(66)85-80(68)71)56-27-11-4-12-28-56/h1-50H. The van der Waals surface area contributed by atoms with Gasteiger partial charge in [-0.2, -0.15) is 0 Å². The molecule has 0 saturated carbocycles. The molecule has 0 saturated heterocycles. The van der Waals surface area contributed by atoms with Gasteiger partial charge in [-0.25, -0.2) is 0 Å². The third-order valence-corrected chi connectivity index (χ3v) is 17.0. The van der Waals surface area contributed by atoms with Gasteiger partial charge in [0.05, 0.1) is 22.7 Å². The number of anilines is 6. The van der Waals surface area contributed by atoms with E-state index in [0.717, 1.165) is 166 Å². The molecule has 0 fully saturated rings. The fourth-order valence-corrected chi connectivity index (χ4v) is 13.1. The fraction of sp³-hybridized carbons (Fsp3) is 0. The van der Waals surface area contributed by atoms with Gasteiger partial charge in [0.1, 0.15) is 22.3 Å². The summed E-state index contributed by atoms with van der Waals surface area (Å²) in [6, 6.07) is 108. The molecule has 0 atom stereocenters. The van der Waals surface area contributed by atoms with Gasteiger partial charge in [-0.3, -0.25) is 0 Å². The molecule has 0 aliphatic carbocycles. The number of hydrogen-bond donors (Lipinski definition) is 0. The SMILES string of the molecule is c1ccc(-c2ccc(N(c3cc4c(oc5cc(N(c6ccc(-c7ccccc7)cc6)c6cccc7c6oc6c(-c8ccccc8)cccc67)c6ccccc6c54)c4ccccc34)c3cccc4c3oc3c(-c5ccccc5)cccc34)cc2)cc1. The Bertz CT molecular complexity index is 5400. The smallest absolute Gasteiger partial charge is 0.159 e. The van der Waals surface area contributed by atoms with Crippen molar-refractivity contribution in [2.75, 3.05) is 9.80 Å². The van der Waals surface area contributed by atoms with Crippen LogP contribution in [0.4, 0.5) is 34.1 Å². The van der Waals surface area contributed by atoms with E-state index in [1.54, 1.807) is 0 Å². The molecule has 85 heavy (non-hydrogen) atoms. The first-order valence-electron chi connectivity index (χ1n) is 28.9.